The van der Waals surface area contributed by atoms with E-state index >= 15 is 0 Å². The van der Waals surface area contributed by atoms with Crippen molar-refractivity contribution in [1.29, 1.82) is 0 Å². The second kappa shape index (κ2) is 8.21. The summed E-state index contributed by atoms with van der Waals surface area (Å²) in [6.07, 6.45) is -0.457. The summed E-state index contributed by atoms with van der Waals surface area (Å²) in [6, 6.07) is 6.99. The molecule has 1 amide bonds. The van der Waals surface area contributed by atoms with Gasteiger partial charge in [0, 0.05) is 17.3 Å². The minimum atomic E-state index is -1.78. The normalized spacial score (nSPS) is 11.7. The molecule has 1 aromatic heterocycles. The highest BCUT2D eigenvalue weighted by molar-refractivity contribution is 5.95. The van der Waals surface area contributed by atoms with Crippen LogP contribution < -0.4 is 11.1 Å². The van der Waals surface area contributed by atoms with Crippen LogP contribution in [0, 0.1) is 18.6 Å². The number of aromatic carboxylic acids is 1. The maximum absolute atomic E-state index is 13.3. The molecule has 1 heterocycles. The van der Waals surface area contributed by atoms with Gasteiger partial charge in [-0.1, -0.05) is 6.07 Å². The number of nitrogens with zero attached hydrogens (tertiary/aromatic N) is 2. The fourth-order valence-corrected chi connectivity index (χ4v) is 2.81. The van der Waals surface area contributed by atoms with Crippen LogP contribution in [0.3, 0.4) is 0 Å². The number of carbonyl (C=O) groups is 2. The maximum atomic E-state index is 13.3. The Morgan fingerprint density at radius 1 is 1.13 bits per heavy atom. The van der Waals surface area contributed by atoms with E-state index in [4.69, 9.17) is 10.8 Å². The molecule has 8 nitrogen and oxygen atoms in total. The molecule has 0 saturated heterocycles. The van der Waals surface area contributed by atoms with Crippen LogP contribution in [-0.2, 0) is 4.79 Å². The van der Waals surface area contributed by atoms with E-state index in [2.05, 4.69) is 15.3 Å². The molecular weight excluding hydrogens is 398 g/mol. The number of carboxylic acid groups (broad SMARTS) is 1. The standard InChI is InChI=1S/C20H16F2N4O4/c1-9-4-13(25-19(28)17(27)10-5-11(21)7-12(22)6-10)2-3-14(9)15-8-24-18(23)16(26-15)20(29)30/h2-8,17,27H,1H3,(H2,23,24)(H,25,28)(H,29,30). The first-order valence-corrected chi connectivity index (χ1v) is 8.57. The lowest BCUT2D eigenvalue weighted by molar-refractivity contribution is -0.124. The lowest BCUT2D eigenvalue weighted by atomic mass is 10.0. The van der Waals surface area contributed by atoms with Gasteiger partial charge in [0.2, 0.25) is 0 Å². The van der Waals surface area contributed by atoms with E-state index in [1.165, 1.54) is 12.3 Å². The van der Waals surface area contributed by atoms with Crippen LogP contribution in [0.25, 0.3) is 11.3 Å². The molecule has 30 heavy (non-hydrogen) atoms. The first kappa shape index (κ1) is 20.8. The number of aliphatic hydroxyl groups excluding tert-OH is 1. The number of benzene rings is 2. The third kappa shape index (κ3) is 4.39. The number of halogens is 2. The maximum Gasteiger partial charge on any atom is 0.358 e. The van der Waals surface area contributed by atoms with Gasteiger partial charge in [0.05, 0.1) is 11.9 Å². The molecular formula is C20H16F2N4O4. The van der Waals surface area contributed by atoms with Crippen molar-refractivity contribution >= 4 is 23.4 Å². The molecule has 0 spiro atoms. The van der Waals surface area contributed by atoms with Crippen molar-refractivity contribution in [1.82, 2.24) is 9.97 Å². The van der Waals surface area contributed by atoms with Crippen LogP contribution in [0.5, 0.6) is 0 Å². The van der Waals surface area contributed by atoms with Gasteiger partial charge in [-0.15, -0.1) is 0 Å². The summed E-state index contributed by atoms with van der Waals surface area (Å²) in [5.41, 5.74) is 6.65. The van der Waals surface area contributed by atoms with E-state index in [1.54, 1.807) is 19.1 Å². The topological polar surface area (TPSA) is 138 Å². The number of carboxylic acids is 1. The van der Waals surface area contributed by atoms with Crippen molar-refractivity contribution in [3.63, 3.8) is 0 Å². The Kier molecular flexibility index (Phi) is 5.70. The molecule has 1 atom stereocenters. The van der Waals surface area contributed by atoms with Crippen LogP contribution in [0.2, 0.25) is 0 Å². The van der Waals surface area contributed by atoms with Gasteiger partial charge in [0.1, 0.15) is 11.6 Å². The molecule has 0 aliphatic heterocycles. The summed E-state index contributed by atoms with van der Waals surface area (Å²) in [5.74, 6) is -4.24. The summed E-state index contributed by atoms with van der Waals surface area (Å²) in [5, 5.41) is 21.7. The van der Waals surface area contributed by atoms with Gasteiger partial charge in [-0.2, -0.15) is 0 Å². The minimum absolute atomic E-state index is 0.212. The van der Waals surface area contributed by atoms with Crippen LogP contribution in [0.1, 0.15) is 27.7 Å². The Bertz CT molecular complexity index is 1130. The Balaban J connectivity index is 1.82. The second-order valence-corrected chi connectivity index (χ2v) is 6.42. The largest absolute Gasteiger partial charge is 0.476 e. The third-order valence-electron chi connectivity index (χ3n) is 4.22. The lowest BCUT2D eigenvalue weighted by Gasteiger charge is -2.14. The first-order chi connectivity index (χ1) is 14.2. The number of nitrogens with two attached hydrogens (primary N) is 1. The predicted octanol–water partition coefficient (Wildman–Crippen LogP) is 2.68. The van der Waals surface area contributed by atoms with Gasteiger partial charge in [0.15, 0.2) is 17.6 Å². The van der Waals surface area contributed by atoms with E-state index in [-0.39, 0.29) is 22.8 Å². The second-order valence-electron chi connectivity index (χ2n) is 6.42. The summed E-state index contributed by atoms with van der Waals surface area (Å²) in [7, 11) is 0. The van der Waals surface area contributed by atoms with E-state index in [0.29, 0.717) is 22.9 Å². The number of aliphatic hydroxyl groups is 1. The van der Waals surface area contributed by atoms with Crippen molar-refractivity contribution in [2.75, 3.05) is 11.1 Å². The third-order valence-corrected chi connectivity index (χ3v) is 4.22. The quantitative estimate of drug-likeness (QED) is 0.503. The average Bonchev–Trinajstić information content (AvgIpc) is 2.67. The van der Waals surface area contributed by atoms with Gasteiger partial charge in [-0.25, -0.2) is 23.5 Å². The zero-order chi connectivity index (χ0) is 22.0. The SMILES string of the molecule is Cc1cc(NC(=O)C(O)c2cc(F)cc(F)c2)ccc1-c1cnc(N)c(C(=O)O)n1. The highest BCUT2D eigenvalue weighted by atomic mass is 19.1. The molecule has 0 aliphatic carbocycles. The highest BCUT2D eigenvalue weighted by Gasteiger charge is 2.20. The number of nitrogen functional groups attached to an aromatic ring is 1. The number of aryl methyl sites for hydroxylation is 1. The van der Waals surface area contributed by atoms with E-state index in [1.807, 2.05) is 0 Å². The number of anilines is 2. The predicted molar refractivity (Wildman–Crippen MR) is 104 cm³/mol. The molecule has 3 aromatic rings. The van der Waals surface area contributed by atoms with Gasteiger partial charge >= 0.3 is 5.97 Å². The van der Waals surface area contributed by atoms with E-state index in [9.17, 15) is 23.5 Å². The number of hydrogen-bond acceptors (Lipinski definition) is 6. The highest BCUT2D eigenvalue weighted by Crippen LogP contribution is 2.26. The summed E-state index contributed by atoms with van der Waals surface area (Å²) < 4.78 is 26.6. The Hall–Kier alpha value is -3.92. The molecule has 1 unspecified atom stereocenters. The Morgan fingerprint density at radius 2 is 1.80 bits per heavy atom. The number of amides is 1. The van der Waals surface area contributed by atoms with Gasteiger partial charge in [0.25, 0.3) is 5.91 Å². The molecule has 0 saturated carbocycles. The summed E-state index contributed by atoms with van der Waals surface area (Å²) >= 11 is 0. The zero-order valence-electron chi connectivity index (χ0n) is 15.6. The molecule has 0 fully saturated rings. The molecule has 10 heteroatoms. The number of nitrogens with one attached hydrogen (secondary N) is 1. The van der Waals surface area contributed by atoms with Crippen molar-refractivity contribution in [3.05, 3.63) is 71.1 Å². The molecule has 0 bridgehead atoms. The van der Waals surface area contributed by atoms with Crippen LogP contribution in [-0.4, -0.2) is 32.1 Å². The van der Waals surface area contributed by atoms with Gasteiger partial charge in [-0.05, 0) is 42.3 Å². The first-order valence-electron chi connectivity index (χ1n) is 8.57. The number of hydrogen-bond donors (Lipinski definition) is 4. The van der Waals surface area contributed by atoms with E-state index in [0.717, 1.165) is 12.1 Å². The van der Waals surface area contributed by atoms with Crippen molar-refractivity contribution in [3.8, 4) is 11.3 Å². The van der Waals surface area contributed by atoms with Crippen LogP contribution in [0.15, 0.2) is 42.6 Å². The zero-order valence-corrected chi connectivity index (χ0v) is 15.6. The Labute approximate surface area is 169 Å². The van der Waals surface area contributed by atoms with Crippen molar-refractivity contribution < 1.29 is 28.6 Å². The smallest absolute Gasteiger partial charge is 0.358 e. The van der Waals surface area contributed by atoms with E-state index < -0.39 is 29.6 Å². The Morgan fingerprint density at radius 3 is 2.40 bits per heavy atom. The summed E-state index contributed by atoms with van der Waals surface area (Å²) in [6.45, 7) is 1.70. The molecule has 3 rings (SSSR count). The van der Waals surface area contributed by atoms with Crippen molar-refractivity contribution in [2.24, 2.45) is 0 Å². The van der Waals surface area contributed by atoms with Crippen LogP contribution in [0.4, 0.5) is 20.3 Å². The van der Waals surface area contributed by atoms with Gasteiger partial charge in [-0.3, -0.25) is 4.79 Å². The van der Waals surface area contributed by atoms with Crippen molar-refractivity contribution in [2.45, 2.75) is 13.0 Å². The lowest BCUT2D eigenvalue weighted by Crippen LogP contribution is -2.21. The minimum Gasteiger partial charge on any atom is -0.476 e. The fourth-order valence-electron chi connectivity index (χ4n) is 2.81. The number of carbonyl (C=O) groups excluding carboxylic acids is 1. The molecule has 5 N–H and O–H groups in total. The molecule has 154 valence electrons. The average molecular weight is 414 g/mol. The molecule has 2 aromatic carbocycles. The van der Waals surface area contributed by atoms with Crippen LogP contribution >= 0.6 is 0 Å². The fraction of sp³-hybridized carbons (Fsp3) is 0.100. The monoisotopic (exact) mass is 414 g/mol. The molecule has 0 aliphatic rings. The van der Waals surface area contributed by atoms with Gasteiger partial charge < -0.3 is 21.3 Å². The molecule has 0 radical (unpaired) electrons. The number of aromatic nitrogens is 2. The number of rotatable bonds is 5. The summed E-state index contributed by atoms with van der Waals surface area (Å²) in [4.78, 5) is 31.3.